The molecule has 0 fully saturated rings. The normalized spacial score (nSPS) is 11.2. The summed E-state index contributed by atoms with van der Waals surface area (Å²) in [5.74, 6) is -0.154. The Morgan fingerprint density at radius 2 is 1.45 bits per heavy atom. The standard InChI is InChI=1S/C26H29NO5S/c28-26(29)14-7-2-1-3-8-19-32-24-13-9-12-23(20-24)27-33(30,31)25-17-15-22(16-18-25)21-10-5-4-6-11-21/h4-6,9-13,15-18,20,27H,1-3,7-8,14,19H2,(H,28,29). The van der Waals surface area contributed by atoms with E-state index < -0.39 is 16.0 Å². The predicted molar refractivity (Wildman–Crippen MR) is 130 cm³/mol. The summed E-state index contributed by atoms with van der Waals surface area (Å²) >= 11 is 0. The van der Waals surface area contributed by atoms with E-state index in [1.54, 1.807) is 48.5 Å². The van der Waals surface area contributed by atoms with Gasteiger partial charge in [0.05, 0.1) is 17.2 Å². The number of nitrogens with one attached hydrogen (secondary N) is 1. The molecular formula is C26H29NO5S. The Bertz CT molecular complexity index is 1130. The topological polar surface area (TPSA) is 92.7 Å². The predicted octanol–water partition coefficient (Wildman–Crippen LogP) is 5.96. The van der Waals surface area contributed by atoms with Gasteiger partial charge in [0.25, 0.3) is 10.0 Å². The fraction of sp³-hybridized carbons (Fsp3) is 0.269. The van der Waals surface area contributed by atoms with Gasteiger partial charge in [-0.25, -0.2) is 8.42 Å². The van der Waals surface area contributed by atoms with Crippen LogP contribution in [-0.2, 0) is 14.8 Å². The van der Waals surface area contributed by atoms with Crippen LogP contribution in [0.4, 0.5) is 5.69 Å². The van der Waals surface area contributed by atoms with Gasteiger partial charge in [-0.3, -0.25) is 9.52 Å². The minimum Gasteiger partial charge on any atom is -0.494 e. The van der Waals surface area contributed by atoms with Crippen LogP contribution in [0.3, 0.4) is 0 Å². The highest BCUT2D eigenvalue weighted by atomic mass is 32.2. The Morgan fingerprint density at radius 3 is 2.18 bits per heavy atom. The van der Waals surface area contributed by atoms with Crippen molar-refractivity contribution in [2.45, 2.75) is 43.4 Å². The first-order valence-electron chi connectivity index (χ1n) is 11.1. The van der Waals surface area contributed by atoms with Crippen LogP contribution in [0, 0.1) is 0 Å². The summed E-state index contributed by atoms with van der Waals surface area (Å²) in [5, 5.41) is 8.63. The van der Waals surface area contributed by atoms with E-state index in [0.717, 1.165) is 36.8 Å². The van der Waals surface area contributed by atoms with Gasteiger partial charge in [-0.15, -0.1) is 0 Å². The molecular weight excluding hydrogens is 438 g/mol. The number of hydrogen-bond acceptors (Lipinski definition) is 4. The lowest BCUT2D eigenvalue weighted by Gasteiger charge is -2.11. The van der Waals surface area contributed by atoms with Crippen molar-refractivity contribution in [1.29, 1.82) is 0 Å². The van der Waals surface area contributed by atoms with Crippen molar-refractivity contribution < 1.29 is 23.1 Å². The highest BCUT2D eigenvalue weighted by Gasteiger charge is 2.14. The van der Waals surface area contributed by atoms with Gasteiger partial charge in [-0.1, -0.05) is 67.8 Å². The Balaban J connectivity index is 1.50. The zero-order chi connectivity index (χ0) is 23.5. The number of unbranched alkanes of at least 4 members (excludes halogenated alkanes) is 4. The molecule has 3 rings (SSSR count). The van der Waals surface area contributed by atoms with Gasteiger partial charge in [0.1, 0.15) is 5.75 Å². The second kappa shape index (κ2) is 12.1. The first-order chi connectivity index (χ1) is 15.9. The minimum absolute atomic E-state index is 0.191. The summed E-state index contributed by atoms with van der Waals surface area (Å²) in [6.07, 6.45) is 4.61. The summed E-state index contributed by atoms with van der Waals surface area (Å²) in [4.78, 5) is 10.7. The molecule has 2 N–H and O–H groups in total. The number of carboxylic acids is 1. The molecule has 3 aromatic carbocycles. The Labute approximate surface area is 195 Å². The molecule has 0 aliphatic rings. The van der Waals surface area contributed by atoms with Crippen LogP contribution in [0.5, 0.6) is 5.75 Å². The van der Waals surface area contributed by atoms with Crippen molar-refractivity contribution in [3.05, 3.63) is 78.9 Å². The van der Waals surface area contributed by atoms with Crippen molar-refractivity contribution >= 4 is 21.7 Å². The van der Waals surface area contributed by atoms with Crippen molar-refractivity contribution in [3.63, 3.8) is 0 Å². The number of benzene rings is 3. The van der Waals surface area contributed by atoms with Gasteiger partial charge in [-0.2, -0.15) is 0 Å². The summed E-state index contributed by atoms with van der Waals surface area (Å²) in [6.45, 7) is 0.524. The van der Waals surface area contributed by atoms with Gasteiger partial charge in [0, 0.05) is 12.5 Å². The molecule has 0 aromatic heterocycles. The second-order valence-corrected chi connectivity index (χ2v) is 9.47. The molecule has 7 heteroatoms. The maximum Gasteiger partial charge on any atom is 0.303 e. The van der Waals surface area contributed by atoms with E-state index in [-0.39, 0.29) is 11.3 Å². The fourth-order valence-electron chi connectivity index (χ4n) is 3.42. The third kappa shape index (κ3) is 7.95. The van der Waals surface area contributed by atoms with E-state index in [1.807, 2.05) is 30.3 Å². The highest BCUT2D eigenvalue weighted by molar-refractivity contribution is 7.92. The third-order valence-corrected chi connectivity index (χ3v) is 6.56. The number of ether oxygens (including phenoxy) is 1. The van der Waals surface area contributed by atoms with Gasteiger partial charge in [0.2, 0.25) is 0 Å². The molecule has 33 heavy (non-hydrogen) atoms. The van der Waals surface area contributed by atoms with Crippen LogP contribution in [0.25, 0.3) is 11.1 Å². The maximum absolute atomic E-state index is 12.8. The number of aliphatic carboxylic acids is 1. The minimum atomic E-state index is -3.72. The first kappa shape index (κ1) is 24.3. The van der Waals surface area contributed by atoms with Gasteiger partial charge < -0.3 is 9.84 Å². The monoisotopic (exact) mass is 467 g/mol. The van der Waals surface area contributed by atoms with Crippen LogP contribution in [0.2, 0.25) is 0 Å². The summed E-state index contributed by atoms with van der Waals surface area (Å²) < 4.78 is 34.0. The number of anilines is 1. The highest BCUT2D eigenvalue weighted by Crippen LogP contribution is 2.24. The largest absolute Gasteiger partial charge is 0.494 e. The number of hydrogen-bond donors (Lipinski definition) is 2. The molecule has 0 saturated heterocycles. The van der Waals surface area contributed by atoms with Gasteiger partial charge in [-0.05, 0) is 48.2 Å². The lowest BCUT2D eigenvalue weighted by molar-refractivity contribution is -0.137. The maximum atomic E-state index is 12.8. The molecule has 174 valence electrons. The number of sulfonamides is 1. The van der Waals surface area contributed by atoms with Crippen LogP contribution >= 0.6 is 0 Å². The van der Waals surface area contributed by atoms with Crippen LogP contribution < -0.4 is 9.46 Å². The zero-order valence-electron chi connectivity index (χ0n) is 18.4. The van der Waals surface area contributed by atoms with Crippen LogP contribution in [0.1, 0.15) is 38.5 Å². The third-order valence-electron chi connectivity index (χ3n) is 5.16. The Hall–Kier alpha value is -3.32. The molecule has 0 radical (unpaired) electrons. The van der Waals surface area contributed by atoms with E-state index in [9.17, 15) is 13.2 Å². The molecule has 3 aromatic rings. The lowest BCUT2D eigenvalue weighted by atomic mass is 10.1. The zero-order valence-corrected chi connectivity index (χ0v) is 19.3. The Kier molecular flexibility index (Phi) is 8.89. The van der Waals surface area contributed by atoms with E-state index in [1.165, 1.54) is 0 Å². The first-order valence-corrected chi connectivity index (χ1v) is 12.6. The molecule has 0 bridgehead atoms. The van der Waals surface area contributed by atoms with Crippen LogP contribution in [0.15, 0.2) is 83.8 Å². The molecule has 0 heterocycles. The fourth-order valence-corrected chi connectivity index (χ4v) is 4.47. The van der Waals surface area contributed by atoms with Crippen molar-refractivity contribution in [2.75, 3.05) is 11.3 Å². The number of carbonyl (C=O) groups is 1. The molecule has 0 aliphatic heterocycles. The average Bonchev–Trinajstić information content (AvgIpc) is 2.81. The smallest absolute Gasteiger partial charge is 0.303 e. The molecule has 0 atom stereocenters. The molecule has 0 saturated carbocycles. The van der Waals surface area contributed by atoms with E-state index in [4.69, 9.17) is 9.84 Å². The molecule has 0 spiro atoms. The van der Waals surface area contributed by atoms with Crippen LogP contribution in [-0.4, -0.2) is 26.1 Å². The van der Waals surface area contributed by atoms with Crippen molar-refractivity contribution in [3.8, 4) is 16.9 Å². The summed E-state index contributed by atoms with van der Waals surface area (Å²) in [5.41, 5.74) is 2.42. The van der Waals surface area contributed by atoms with Crippen molar-refractivity contribution in [2.24, 2.45) is 0 Å². The van der Waals surface area contributed by atoms with E-state index >= 15 is 0 Å². The molecule has 0 amide bonds. The van der Waals surface area contributed by atoms with Gasteiger partial charge >= 0.3 is 5.97 Å². The lowest BCUT2D eigenvalue weighted by Crippen LogP contribution is -2.13. The number of rotatable bonds is 13. The van der Waals surface area contributed by atoms with Gasteiger partial charge in [0.15, 0.2) is 0 Å². The van der Waals surface area contributed by atoms with E-state index in [2.05, 4.69) is 4.72 Å². The average molecular weight is 468 g/mol. The van der Waals surface area contributed by atoms with Crippen molar-refractivity contribution in [1.82, 2.24) is 0 Å². The summed E-state index contributed by atoms with van der Waals surface area (Å²) in [7, 11) is -3.72. The summed E-state index contributed by atoms with van der Waals surface area (Å²) in [6, 6.07) is 23.5. The quantitative estimate of drug-likeness (QED) is 0.303. The Morgan fingerprint density at radius 1 is 0.788 bits per heavy atom. The molecule has 6 nitrogen and oxygen atoms in total. The second-order valence-electron chi connectivity index (χ2n) is 7.78. The molecule has 0 unspecified atom stereocenters. The molecule has 0 aliphatic carbocycles. The SMILES string of the molecule is O=C(O)CCCCCCCOc1cccc(NS(=O)(=O)c2ccc(-c3ccccc3)cc2)c1. The van der Waals surface area contributed by atoms with E-state index in [0.29, 0.717) is 24.5 Å². The number of carboxylic acid groups (broad SMARTS) is 1.